The van der Waals surface area contributed by atoms with Gasteiger partial charge in [0.2, 0.25) is 0 Å². The molecule has 1 fully saturated rings. The van der Waals surface area contributed by atoms with Gasteiger partial charge in [-0.25, -0.2) is 4.68 Å². The van der Waals surface area contributed by atoms with Crippen LogP contribution in [0.15, 0.2) is 53.1 Å². The van der Waals surface area contributed by atoms with Gasteiger partial charge in [-0.15, -0.1) is 0 Å². The maximum absolute atomic E-state index is 12.8. The SMILES string of the molecule is CC(CN1CCOCC1)NC(=O)c1cc(-c2ccco2)n(-c2ccc(Cl)cc2)n1. The number of carbonyl (C=O) groups is 1. The van der Waals surface area contributed by atoms with Crippen molar-refractivity contribution in [1.29, 1.82) is 0 Å². The molecule has 1 aliphatic heterocycles. The molecule has 3 heterocycles. The number of benzene rings is 1. The number of hydrogen-bond acceptors (Lipinski definition) is 5. The topological polar surface area (TPSA) is 72.5 Å². The first-order valence-electron chi connectivity index (χ1n) is 9.61. The van der Waals surface area contributed by atoms with Crippen molar-refractivity contribution in [3.8, 4) is 17.1 Å². The normalized spacial score (nSPS) is 15.9. The average Bonchev–Trinajstić information content (AvgIpc) is 3.39. The Kier molecular flexibility index (Phi) is 5.99. The summed E-state index contributed by atoms with van der Waals surface area (Å²) in [5.74, 6) is 0.416. The highest BCUT2D eigenvalue weighted by atomic mass is 35.5. The quantitative estimate of drug-likeness (QED) is 0.670. The van der Waals surface area contributed by atoms with Crippen LogP contribution >= 0.6 is 11.6 Å². The van der Waals surface area contributed by atoms with E-state index >= 15 is 0 Å². The fraction of sp³-hybridized carbons (Fsp3) is 0.333. The van der Waals surface area contributed by atoms with E-state index in [4.69, 9.17) is 20.8 Å². The van der Waals surface area contributed by atoms with Crippen molar-refractivity contribution in [1.82, 2.24) is 20.0 Å². The Morgan fingerprint density at radius 2 is 2.00 bits per heavy atom. The Balaban J connectivity index is 1.54. The molecule has 1 atom stereocenters. The van der Waals surface area contributed by atoms with Gasteiger partial charge in [0.05, 0.1) is 25.2 Å². The standard InChI is InChI=1S/C21H23ClN4O3/c1-15(14-25-8-11-28-12-9-25)23-21(27)18-13-19(20-3-2-10-29-20)26(24-18)17-6-4-16(22)5-7-17/h2-7,10,13,15H,8-9,11-12,14H2,1H3,(H,23,27). The van der Waals surface area contributed by atoms with Crippen LogP contribution in [0, 0.1) is 0 Å². The Hall–Kier alpha value is -2.61. The number of hydrogen-bond donors (Lipinski definition) is 1. The Bertz CT molecular complexity index is 947. The van der Waals surface area contributed by atoms with Crippen molar-refractivity contribution in [3.63, 3.8) is 0 Å². The molecule has 1 unspecified atom stereocenters. The third-order valence-electron chi connectivity index (χ3n) is 4.80. The Morgan fingerprint density at radius 3 is 2.69 bits per heavy atom. The third kappa shape index (κ3) is 4.70. The zero-order valence-electron chi connectivity index (χ0n) is 16.2. The van der Waals surface area contributed by atoms with Crippen LogP contribution in [0.3, 0.4) is 0 Å². The molecule has 7 nitrogen and oxygen atoms in total. The van der Waals surface area contributed by atoms with E-state index in [-0.39, 0.29) is 11.9 Å². The molecule has 1 aromatic carbocycles. The molecular formula is C21H23ClN4O3. The predicted octanol–water partition coefficient (Wildman–Crippen LogP) is 3.24. The zero-order chi connectivity index (χ0) is 20.2. The first-order valence-corrected chi connectivity index (χ1v) is 9.99. The molecule has 0 spiro atoms. The number of morpholine rings is 1. The van der Waals surface area contributed by atoms with E-state index < -0.39 is 0 Å². The van der Waals surface area contributed by atoms with Gasteiger partial charge in [0.15, 0.2) is 11.5 Å². The van der Waals surface area contributed by atoms with Crippen LogP contribution in [-0.4, -0.2) is 59.5 Å². The predicted molar refractivity (Wildman–Crippen MR) is 110 cm³/mol. The average molecular weight is 415 g/mol. The number of nitrogens with zero attached hydrogens (tertiary/aromatic N) is 3. The van der Waals surface area contributed by atoms with Gasteiger partial charge in [0, 0.05) is 36.8 Å². The van der Waals surface area contributed by atoms with Gasteiger partial charge in [-0.05, 0) is 43.3 Å². The molecule has 3 aromatic rings. The molecule has 1 N–H and O–H groups in total. The summed E-state index contributed by atoms with van der Waals surface area (Å²) < 4.78 is 12.6. The lowest BCUT2D eigenvalue weighted by Crippen LogP contribution is -2.46. The number of furan rings is 1. The van der Waals surface area contributed by atoms with Gasteiger partial charge in [0.25, 0.3) is 5.91 Å². The van der Waals surface area contributed by atoms with E-state index in [9.17, 15) is 4.79 Å². The minimum atomic E-state index is -0.216. The molecule has 29 heavy (non-hydrogen) atoms. The number of ether oxygens (including phenoxy) is 1. The van der Waals surface area contributed by atoms with Crippen LogP contribution in [0.1, 0.15) is 17.4 Å². The second-order valence-corrected chi connectivity index (χ2v) is 7.50. The zero-order valence-corrected chi connectivity index (χ0v) is 16.9. The van der Waals surface area contributed by atoms with Gasteiger partial charge in [0.1, 0.15) is 5.69 Å². The van der Waals surface area contributed by atoms with Gasteiger partial charge < -0.3 is 14.5 Å². The van der Waals surface area contributed by atoms with Crippen molar-refractivity contribution in [2.24, 2.45) is 0 Å². The van der Waals surface area contributed by atoms with Crippen LogP contribution in [-0.2, 0) is 4.74 Å². The summed E-state index contributed by atoms with van der Waals surface area (Å²) in [6.07, 6.45) is 1.60. The van der Waals surface area contributed by atoms with Gasteiger partial charge >= 0.3 is 0 Å². The number of aromatic nitrogens is 2. The third-order valence-corrected chi connectivity index (χ3v) is 5.05. The maximum atomic E-state index is 12.8. The number of halogens is 1. The Labute approximate surface area is 174 Å². The van der Waals surface area contributed by atoms with Crippen molar-refractivity contribution in [3.05, 3.63) is 59.4 Å². The molecule has 0 bridgehead atoms. The lowest BCUT2D eigenvalue weighted by atomic mass is 10.2. The summed E-state index contributed by atoms with van der Waals surface area (Å²) in [7, 11) is 0. The van der Waals surface area contributed by atoms with Crippen LogP contribution in [0.4, 0.5) is 0 Å². The highest BCUT2D eigenvalue weighted by molar-refractivity contribution is 6.30. The van der Waals surface area contributed by atoms with Crippen LogP contribution in [0.2, 0.25) is 5.02 Å². The lowest BCUT2D eigenvalue weighted by molar-refractivity contribution is 0.0342. The van der Waals surface area contributed by atoms with Crippen molar-refractivity contribution in [2.45, 2.75) is 13.0 Å². The van der Waals surface area contributed by atoms with Crippen molar-refractivity contribution in [2.75, 3.05) is 32.8 Å². The fourth-order valence-corrected chi connectivity index (χ4v) is 3.51. The molecule has 1 aliphatic rings. The van der Waals surface area contributed by atoms with Crippen LogP contribution < -0.4 is 5.32 Å². The van der Waals surface area contributed by atoms with Crippen molar-refractivity contribution < 1.29 is 13.9 Å². The monoisotopic (exact) mass is 414 g/mol. The molecule has 2 aromatic heterocycles. The highest BCUT2D eigenvalue weighted by Crippen LogP contribution is 2.25. The van der Waals surface area contributed by atoms with E-state index in [0.29, 0.717) is 22.2 Å². The molecule has 4 rings (SSSR count). The first kappa shape index (κ1) is 19.7. The van der Waals surface area contributed by atoms with Gasteiger partial charge in [-0.1, -0.05) is 11.6 Å². The fourth-order valence-electron chi connectivity index (χ4n) is 3.39. The van der Waals surface area contributed by atoms with E-state index in [1.54, 1.807) is 35.2 Å². The summed E-state index contributed by atoms with van der Waals surface area (Å²) in [5.41, 5.74) is 1.82. The van der Waals surface area contributed by atoms with E-state index in [0.717, 1.165) is 38.5 Å². The largest absolute Gasteiger partial charge is 0.463 e. The first-order chi connectivity index (χ1) is 14.1. The smallest absolute Gasteiger partial charge is 0.272 e. The number of carbonyl (C=O) groups excluding carboxylic acids is 1. The molecular weight excluding hydrogens is 392 g/mol. The molecule has 8 heteroatoms. The lowest BCUT2D eigenvalue weighted by Gasteiger charge is -2.29. The molecule has 1 amide bonds. The number of rotatable bonds is 6. The Morgan fingerprint density at radius 1 is 1.24 bits per heavy atom. The number of amides is 1. The van der Waals surface area contributed by atoms with Crippen molar-refractivity contribution >= 4 is 17.5 Å². The van der Waals surface area contributed by atoms with E-state index in [2.05, 4.69) is 15.3 Å². The second kappa shape index (κ2) is 8.82. The summed E-state index contributed by atoms with van der Waals surface area (Å²) >= 11 is 6.01. The van der Waals surface area contributed by atoms with E-state index in [1.165, 1.54) is 0 Å². The number of nitrogens with one attached hydrogen (secondary N) is 1. The molecule has 0 aliphatic carbocycles. The van der Waals surface area contributed by atoms with Gasteiger partial charge in [-0.3, -0.25) is 9.69 Å². The summed E-state index contributed by atoms with van der Waals surface area (Å²) in [4.78, 5) is 15.1. The summed E-state index contributed by atoms with van der Waals surface area (Å²) in [5, 5.41) is 8.21. The molecule has 0 saturated carbocycles. The molecule has 152 valence electrons. The van der Waals surface area contributed by atoms with E-state index in [1.807, 2.05) is 25.1 Å². The minimum absolute atomic E-state index is 0.00616. The highest BCUT2D eigenvalue weighted by Gasteiger charge is 2.21. The summed E-state index contributed by atoms with van der Waals surface area (Å²) in [6.45, 7) is 6.01. The van der Waals surface area contributed by atoms with Crippen LogP contribution in [0.5, 0.6) is 0 Å². The second-order valence-electron chi connectivity index (χ2n) is 7.07. The molecule has 0 radical (unpaired) electrons. The summed E-state index contributed by atoms with van der Waals surface area (Å²) in [6, 6.07) is 12.7. The molecule has 1 saturated heterocycles. The van der Waals surface area contributed by atoms with Crippen LogP contribution in [0.25, 0.3) is 17.1 Å². The van der Waals surface area contributed by atoms with Gasteiger partial charge in [-0.2, -0.15) is 5.10 Å². The minimum Gasteiger partial charge on any atom is -0.463 e. The maximum Gasteiger partial charge on any atom is 0.272 e.